The van der Waals surface area contributed by atoms with E-state index in [2.05, 4.69) is 15.4 Å². The molecule has 8 nitrogen and oxygen atoms in total. The van der Waals surface area contributed by atoms with Crippen LogP contribution >= 0.6 is 0 Å². The number of carbonyl (C=O) groups excluding carboxylic acids is 1. The van der Waals surface area contributed by atoms with Gasteiger partial charge in [0.2, 0.25) is 11.9 Å². The van der Waals surface area contributed by atoms with Crippen molar-refractivity contribution in [2.75, 3.05) is 16.8 Å². The van der Waals surface area contributed by atoms with Gasteiger partial charge in [-0.15, -0.1) is 5.10 Å². The molecule has 0 saturated heterocycles. The number of anilines is 3. The molecule has 1 amide bonds. The molecule has 4 aromatic rings. The summed E-state index contributed by atoms with van der Waals surface area (Å²) in [6, 6.07) is 15.6. The topological polar surface area (TPSA) is 84.5 Å². The predicted molar refractivity (Wildman–Crippen MR) is 121 cm³/mol. The van der Waals surface area contributed by atoms with Gasteiger partial charge in [0.05, 0.1) is 0 Å². The van der Waals surface area contributed by atoms with E-state index >= 15 is 0 Å². The Balaban J connectivity index is 1.69. The SMILES string of the molecule is CCN(C(=O)Cn1nc2cc(C)nc(Nc3ccc(C)c(F)c3)n2c1=O)c1ccccc1. The molecule has 0 spiro atoms. The number of carbonyl (C=O) groups is 1. The van der Waals surface area contributed by atoms with Crippen LogP contribution in [0.4, 0.5) is 21.7 Å². The van der Waals surface area contributed by atoms with Crippen molar-refractivity contribution >= 4 is 28.9 Å². The molecule has 32 heavy (non-hydrogen) atoms. The van der Waals surface area contributed by atoms with Gasteiger partial charge in [-0.2, -0.15) is 0 Å². The minimum absolute atomic E-state index is 0.197. The van der Waals surface area contributed by atoms with E-state index in [1.165, 1.54) is 10.5 Å². The summed E-state index contributed by atoms with van der Waals surface area (Å²) in [5, 5.41) is 7.31. The molecule has 9 heteroatoms. The molecular weight excluding hydrogens is 411 g/mol. The Morgan fingerprint density at radius 3 is 2.56 bits per heavy atom. The molecule has 0 aliphatic rings. The van der Waals surface area contributed by atoms with E-state index in [0.717, 1.165) is 10.4 Å². The molecule has 0 atom stereocenters. The second-order valence-corrected chi connectivity index (χ2v) is 7.42. The van der Waals surface area contributed by atoms with Gasteiger partial charge in [0.25, 0.3) is 0 Å². The number of nitrogens with one attached hydrogen (secondary N) is 1. The minimum atomic E-state index is -0.514. The molecule has 0 saturated carbocycles. The Morgan fingerprint density at radius 1 is 1.12 bits per heavy atom. The Labute approximate surface area is 183 Å². The van der Waals surface area contributed by atoms with Crippen molar-refractivity contribution in [3.8, 4) is 0 Å². The van der Waals surface area contributed by atoms with Gasteiger partial charge in [0.15, 0.2) is 5.65 Å². The van der Waals surface area contributed by atoms with Crippen LogP contribution < -0.4 is 15.9 Å². The van der Waals surface area contributed by atoms with Crippen LogP contribution in [-0.4, -0.2) is 31.6 Å². The van der Waals surface area contributed by atoms with Crippen molar-refractivity contribution in [2.45, 2.75) is 27.3 Å². The summed E-state index contributed by atoms with van der Waals surface area (Å²) in [6.07, 6.45) is 0. The molecule has 4 rings (SSSR count). The first kappa shape index (κ1) is 21.2. The zero-order valence-corrected chi connectivity index (χ0v) is 18.0. The average molecular weight is 434 g/mol. The maximum atomic E-state index is 14.0. The summed E-state index contributed by atoms with van der Waals surface area (Å²) >= 11 is 0. The number of rotatable bonds is 6. The fourth-order valence-corrected chi connectivity index (χ4v) is 3.46. The fraction of sp³-hybridized carbons (Fsp3) is 0.217. The highest BCUT2D eigenvalue weighted by Crippen LogP contribution is 2.19. The van der Waals surface area contributed by atoms with Gasteiger partial charge in [-0.3, -0.25) is 4.79 Å². The van der Waals surface area contributed by atoms with Gasteiger partial charge in [0, 0.05) is 29.7 Å². The van der Waals surface area contributed by atoms with Gasteiger partial charge in [0.1, 0.15) is 12.4 Å². The number of para-hydroxylation sites is 1. The first-order chi connectivity index (χ1) is 15.4. The van der Waals surface area contributed by atoms with E-state index in [-0.39, 0.29) is 24.2 Å². The molecule has 2 aromatic heterocycles. The number of nitrogens with zero attached hydrogens (tertiary/aromatic N) is 5. The number of hydrogen-bond acceptors (Lipinski definition) is 5. The lowest BCUT2D eigenvalue weighted by atomic mass is 10.2. The molecule has 2 aromatic carbocycles. The van der Waals surface area contributed by atoms with Crippen molar-refractivity contribution in [1.29, 1.82) is 0 Å². The van der Waals surface area contributed by atoms with Crippen molar-refractivity contribution < 1.29 is 9.18 Å². The van der Waals surface area contributed by atoms with Crippen LogP contribution in [0.15, 0.2) is 59.4 Å². The lowest BCUT2D eigenvalue weighted by Gasteiger charge is -2.20. The first-order valence-electron chi connectivity index (χ1n) is 10.2. The first-order valence-corrected chi connectivity index (χ1v) is 10.2. The summed E-state index contributed by atoms with van der Waals surface area (Å²) in [4.78, 5) is 32.0. The standard InChI is InChI=1S/C23H23FN6O2/c1-4-28(18-8-6-5-7-9-18)21(31)14-29-23(32)30-20(27-29)12-16(3)25-22(30)26-17-11-10-15(2)19(24)13-17/h5-13H,4,14H2,1-3H3,(H,25,26). The summed E-state index contributed by atoms with van der Waals surface area (Å²) < 4.78 is 16.4. The number of aromatic nitrogens is 4. The molecule has 0 radical (unpaired) electrons. The number of benzene rings is 2. The number of likely N-dealkylation sites (N-methyl/N-ethyl adjacent to an activating group) is 1. The summed E-state index contributed by atoms with van der Waals surface area (Å²) in [6.45, 7) is 5.54. The largest absolute Gasteiger partial charge is 0.353 e. The Morgan fingerprint density at radius 2 is 1.88 bits per heavy atom. The van der Waals surface area contributed by atoms with E-state index in [1.807, 2.05) is 37.3 Å². The molecule has 1 N–H and O–H groups in total. The maximum absolute atomic E-state index is 14.0. The van der Waals surface area contributed by atoms with E-state index in [0.29, 0.717) is 29.1 Å². The lowest BCUT2D eigenvalue weighted by Crippen LogP contribution is -2.36. The fourth-order valence-electron chi connectivity index (χ4n) is 3.46. The average Bonchev–Trinajstić information content (AvgIpc) is 3.07. The maximum Gasteiger partial charge on any atom is 0.353 e. The quantitative estimate of drug-likeness (QED) is 0.503. The van der Waals surface area contributed by atoms with Gasteiger partial charge in [-0.1, -0.05) is 24.3 Å². The third kappa shape index (κ3) is 4.09. The van der Waals surface area contributed by atoms with E-state index in [1.54, 1.807) is 36.9 Å². The molecular formula is C23H23FN6O2. The smallest absolute Gasteiger partial charge is 0.325 e. The van der Waals surface area contributed by atoms with Crippen LogP contribution in [0.25, 0.3) is 5.65 Å². The summed E-state index contributed by atoms with van der Waals surface area (Å²) in [5.74, 6) is -0.431. The van der Waals surface area contributed by atoms with Gasteiger partial charge >= 0.3 is 5.69 Å². The Hall–Kier alpha value is -4.01. The second kappa shape index (κ2) is 8.62. The number of aryl methyl sites for hydroxylation is 2. The number of fused-ring (bicyclic) bond motifs is 1. The van der Waals surface area contributed by atoms with Crippen LogP contribution in [0.1, 0.15) is 18.2 Å². The normalized spacial score (nSPS) is 11.0. The monoisotopic (exact) mass is 434 g/mol. The van der Waals surface area contributed by atoms with E-state index < -0.39 is 5.69 Å². The van der Waals surface area contributed by atoms with Crippen molar-refractivity contribution in [3.05, 3.63) is 82.2 Å². The number of halogens is 1. The number of hydrogen-bond donors (Lipinski definition) is 1. The Kier molecular flexibility index (Phi) is 5.72. The van der Waals surface area contributed by atoms with E-state index in [9.17, 15) is 14.0 Å². The van der Waals surface area contributed by atoms with Crippen LogP contribution in [0.5, 0.6) is 0 Å². The molecule has 0 bridgehead atoms. The molecule has 2 heterocycles. The van der Waals surface area contributed by atoms with Crippen LogP contribution in [0.3, 0.4) is 0 Å². The molecule has 0 unspecified atom stereocenters. The molecule has 0 aliphatic carbocycles. The molecule has 0 aliphatic heterocycles. The number of amides is 1. The van der Waals surface area contributed by atoms with Gasteiger partial charge in [-0.05, 0) is 50.6 Å². The third-order valence-corrected chi connectivity index (χ3v) is 5.09. The summed E-state index contributed by atoms with van der Waals surface area (Å²) in [5.41, 5.74) is 2.16. The second-order valence-electron chi connectivity index (χ2n) is 7.42. The van der Waals surface area contributed by atoms with Crippen molar-refractivity contribution in [1.82, 2.24) is 19.2 Å². The van der Waals surface area contributed by atoms with E-state index in [4.69, 9.17) is 0 Å². The Bertz CT molecular complexity index is 1350. The van der Waals surface area contributed by atoms with Crippen LogP contribution in [0, 0.1) is 19.7 Å². The highest BCUT2D eigenvalue weighted by atomic mass is 19.1. The third-order valence-electron chi connectivity index (χ3n) is 5.09. The summed E-state index contributed by atoms with van der Waals surface area (Å²) in [7, 11) is 0. The predicted octanol–water partition coefficient (Wildman–Crippen LogP) is 3.44. The highest BCUT2D eigenvalue weighted by molar-refractivity contribution is 5.93. The lowest BCUT2D eigenvalue weighted by molar-refractivity contribution is -0.119. The zero-order chi connectivity index (χ0) is 22.8. The van der Waals surface area contributed by atoms with Gasteiger partial charge in [-0.25, -0.2) is 23.3 Å². The van der Waals surface area contributed by atoms with Gasteiger partial charge < -0.3 is 10.2 Å². The van der Waals surface area contributed by atoms with Crippen molar-refractivity contribution in [3.63, 3.8) is 0 Å². The van der Waals surface area contributed by atoms with Crippen LogP contribution in [0.2, 0.25) is 0 Å². The van der Waals surface area contributed by atoms with Crippen molar-refractivity contribution in [2.24, 2.45) is 0 Å². The molecule has 0 fully saturated rings. The molecule has 164 valence electrons. The zero-order valence-electron chi connectivity index (χ0n) is 18.0. The highest BCUT2D eigenvalue weighted by Gasteiger charge is 2.19. The minimum Gasteiger partial charge on any atom is -0.325 e. The van der Waals surface area contributed by atoms with Crippen LogP contribution in [-0.2, 0) is 11.3 Å².